The number of carbonyl (C=O) groups is 2. The lowest BCUT2D eigenvalue weighted by atomic mass is 9.86. The summed E-state index contributed by atoms with van der Waals surface area (Å²) in [5.74, 6) is -3.26. The molecule has 2 saturated heterocycles. The zero-order valence-electron chi connectivity index (χ0n) is 17.0. The summed E-state index contributed by atoms with van der Waals surface area (Å²) < 4.78 is 54.9. The Bertz CT molecular complexity index is 1240. The van der Waals surface area contributed by atoms with Crippen molar-refractivity contribution in [3.8, 4) is 6.07 Å². The Labute approximate surface area is 190 Å². The van der Waals surface area contributed by atoms with E-state index in [9.17, 15) is 27.2 Å². The Balaban J connectivity index is 1.80. The molecule has 2 fully saturated rings. The van der Waals surface area contributed by atoms with E-state index < -0.39 is 46.5 Å². The Morgan fingerprint density at radius 1 is 1.39 bits per heavy atom. The fraction of sp³-hybridized carbons (Fsp3) is 0.286. The quantitative estimate of drug-likeness (QED) is 0.518. The minimum absolute atomic E-state index is 0.0427. The van der Waals surface area contributed by atoms with Crippen LogP contribution in [0.25, 0.3) is 0 Å². The number of Topliss-reactive ketones (excluding diaryl/α,β-unsaturated/α-hetero) is 1. The van der Waals surface area contributed by atoms with Crippen LogP contribution in [-0.4, -0.2) is 40.9 Å². The van der Waals surface area contributed by atoms with Crippen molar-refractivity contribution in [3.63, 3.8) is 0 Å². The molecule has 2 unspecified atom stereocenters. The zero-order chi connectivity index (χ0) is 24.1. The van der Waals surface area contributed by atoms with E-state index in [4.69, 9.17) is 17.5 Å². The molecule has 2 N–H and O–H groups in total. The van der Waals surface area contributed by atoms with Crippen LogP contribution in [0, 0.1) is 17.1 Å². The first-order valence-corrected chi connectivity index (χ1v) is 10.1. The number of nitrogens with zero attached hydrogens (tertiary/aromatic N) is 3. The second kappa shape index (κ2) is 7.86. The number of nitriles is 1. The SMILES string of the molecule is CNC(=O)c1ccc(N2C(=S)C(c3cnc(C#N)c(C(F)(F)F)c3)C(=O)C23CCN3)cc1F. The fourth-order valence-electron chi connectivity index (χ4n) is 4.09. The van der Waals surface area contributed by atoms with Gasteiger partial charge in [0, 0.05) is 31.9 Å². The summed E-state index contributed by atoms with van der Waals surface area (Å²) in [6.45, 7) is 0.440. The number of carbonyl (C=O) groups excluding carboxylic acids is 2. The first-order valence-electron chi connectivity index (χ1n) is 9.67. The summed E-state index contributed by atoms with van der Waals surface area (Å²) in [7, 11) is 1.35. The molecule has 0 radical (unpaired) electrons. The standard InChI is InChI=1S/C21H15F4N5O2S/c1-27-18(32)12-3-2-11(7-14(12)22)30-19(33)16(17(31)20(30)4-5-29-20)10-6-13(21(23,24)25)15(8-26)28-9-10/h2-3,6-7,9,16,29H,4-5H2,1H3,(H,27,32). The molecule has 7 nitrogen and oxygen atoms in total. The predicted octanol–water partition coefficient (Wildman–Crippen LogP) is 2.66. The Hall–Kier alpha value is -3.43. The Kier molecular flexibility index (Phi) is 5.42. The zero-order valence-corrected chi connectivity index (χ0v) is 17.8. The number of halogens is 4. The van der Waals surface area contributed by atoms with Crippen LogP contribution in [0.1, 0.15) is 39.5 Å². The number of aromatic nitrogens is 1. The molecule has 12 heteroatoms. The summed E-state index contributed by atoms with van der Waals surface area (Å²) >= 11 is 5.49. The van der Waals surface area contributed by atoms with Crippen LogP contribution < -0.4 is 15.5 Å². The molecule has 0 aliphatic carbocycles. The van der Waals surface area contributed by atoms with E-state index in [2.05, 4.69) is 15.6 Å². The molecular formula is C21H15F4N5O2S. The Morgan fingerprint density at radius 2 is 2.09 bits per heavy atom. The van der Waals surface area contributed by atoms with Crippen LogP contribution in [0.15, 0.2) is 30.5 Å². The van der Waals surface area contributed by atoms with Crippen LogP contribution >= 0.6 is 12.2 Å². The average molecular weight is 477 g/mol. The number of hydrogen-bond acceptors (Lipinski definition) is 6. The first-order chi connectivity index (χ1) is 15.5. The van der Waals surface area contributed by atoms with Gasteiger partial charge in [0.25, 0.3) is 5.91 Å². The van der Waals surface area contributed by atoms with Gasteiger partial charge in [-0.1, -0.05) is 12.2 Å². The molecule has 2 aliphatic rings. The average Bonchev–Trinajstić information content (AvgIpc) is 2.98. The summed E-state index contributed by atoms with van der Waals surface area (Å²) in [6, 6.07) is 5.79. The van der Waals surface area contributed by atoms with Crippen molar-refractivity contribution in [1.82, 2.24) is 15.6 Å². The van der Waals surface area contributed by atoms with Gasteiger partial charge >= 0.3 is 6.18 Å². The van der Waals surface area contributed by atoms with E-state index in [0.717, 1.165) is 12.3 Å². The maximum atomic E-state index is 14.6. The number of anilines is 1. The largest absolute Gasteiger partial charge is 0.419 e. The topological polar surface area (TPSA) is 98.1 Å². The minimum atomic E-state index is -4.86. The highest BCUT2D eigenvalue weighted by Gasteiger charge is 2.60. The number of alkyl halides is 3. The third kappa shape index (κ3) is 3.44. The number of nitrogens with one attached hydrogen (secondary N) is 2. The second-order valence-electron chi connectivity index (χ2n) is 7.53. The number of amides is 1. The van der Waals surface area contributed by atoms with Crippen LogP contribution in [-0.2, 0) is 11.0 Å². The lowest BCUT2D eigenvalue weighted by Gasteiger charge is -2.45. The highest BCUT2D eigenvalue weighted by atomic mass is 32.1. The molecule has 2 aromatic rings. The Morgan fingerprint density at radius 3 is 2.61 bits per heavy atom. The number of benzene rings is 1. The van der Waals surface area contributed by atoms with E-state index in [0.29, 0.717) is 12.6 Å². The second-order valence-corrected chi connectivity index (χ2v) is 7.94. The molecule has 2 aliphatic heterocycles. The molecule has 0 bridgehead atoms. The minimum Gasteiger partial charge on any atom is -0.355 e. The van der Waals surface area contributed by atoms with Gasteiger partial charge in [-0.2, -0.15) is 18.4 Å². The van der Waals surface area contributed by atoms with Gasteiger partial charge in [-0.05, 0) is 29.8 Å². The monoisotopic (exact) mass is 477 g/mol. The van der Waals surface area contributed by atoms with Crippen molar-refractivity contribution in [2.75, 3.05) is 18.5 Å². The van der Waals surface area contributed by atoms with Crippen molar-refractivity contribution in [2.24, 2.45) is 0 Å². The molecule has 3 heterocycles. The molecule has 0 saturated carbocycles. The number of pyridine rings is 1. The molecule has 33 heavy (non-hydrogen) atoms. The predicted molar refractivity (Wildman–Crippen MR) is 112 cm³/mol. The molecule has 1 amide bonds. The summed E-state index contributed by atoms with van der Waals surface area (Å²) in [4.78, 5) is 30.1. The van der Waals surface area contributed by atoms with Gasteiger partial charge in [-0.25, -0.2) is 9.37 Å². The van der Waals surface area contributed by atoms with Crippen molar-refractivity contribution in [1.29, 1.82) is 5.26 Å². The fourth-order valence-corrected chi connectivity index (χ4v) is 4.59. The maximum absolute atomic E-state index is 14.6. The normalized spacial score (nSPS) is 22.3. The van der Waals surface area contributed by atoms with Gasteiger partial charge in [-0.15, -0.1) is 0 Å². The van der Waals surface area contributed by atoms with Crippen LogP contribution in [0.4, 0.5) is 23.2 Å². The molecule has 2 atom stereocenters. The lowest BCUT2D eigenvalue weighted by Crippen LogP contribution is -2.69. The van der Waals surface area contributed by atoms with Gasteiger partial charge in [-0.3, -0.25) is 14.9 Å². The van der Waals surface area contributed by atoms with E-state index in [1.807, 2.05) is 0 Å². The summed E-state index contributed by atoms with van der Waals surface area (Å²) in [5.41, 5.74) is -3.60. The summed E-state index contributed by atoms with van der Waals surface area (Å²) in [6.07, 6.45) is -3.55. The third-order valence-electron chi connectivity index (χ3n) is 5.76. The highest BCUT2D eigenvalue weighted by Crippen LogP contribution is 2.45. The molecular weight excluding hydrogens is 462 g/mol. The molecule has 4 rings (SSSR count). The first kappa shape index (κ1) is 22.8. The van der Waals surface area contributed by atoms with Crippen LogP contribution in [0.5, 0.6) is 0 Å². The molecule has 1 aromatic heterocycles. The van der Waals surface area contributed by atoms with Crippen molar-refractivity contribution < 1.29 is 27.2 Å². The molecule has 1 spiro atoms. The van der Waals surface area contributed by atoms with Crippen molar-refractivity contribution in [3.05, 3.63) is 58.7 Å². The summed E-state index contributed by atoms with van der Waals surface area (Å²) in [5, 5.41) is 14.3. The van der Waals surface area contributed by atoms with Gasteiger partial charge < -0.3 is 10.2 Å². The van der Waals surface area contributed by atoms with E-state index in [1.165, 1.54) is 30.1 Å². The number of ketones is 1. The number of hydrogen-bond donors (Lipinski definition) is 2. The van der Waals surface area contributed by atoms with E-state index in [1.54, 1.807) is 0 Å². The van der Waals surface area contributed by atoms with Crippen LogP contribution in [0.3, 0.4) is 0 Å². The third-order valence-corrected chi connectivity index (χ3v) is 6.18. The van der Waals surface area contributed by atoms with E-state index in [-0.39, 0.29) is 28.2 Å². The van der Waals surface area contributed by atoms with Gasteiger partial charge in [0.15, 0.2) is 17.1 Å². The van der Waals surface area contributed by atoms with Gasteiger partial charge in [0.1, 0.15) is 11.9 Å². The van der Waals surface area contributed by atoms with Gasteiger partial charge in [0.05, 0.1) is 22.0 Å². The smallest absolute Gasteiger partial charge is 0.355 e. The molecule has 1 aromatic carbocycles. The maximum Gasteiger partial charge on any atom is 0.419 e. The van der Waals surface area contributed by atoms with Crippen molar-refractivity contribution in [2.45, 2.75) is 24.2 Å². The van der Waals surface area contributed by atoms with E-state index >= 15 is 0 Å². The molecule has 170 valence electrons. The number of rotatable bonds is 3. The highest BCUT2D eigenvalue weighted by molar-refractivity contribution is 7.80. The number of thiocarbonyl (C=S) groups is 1. The van der Waals surface area contributed by atoms with Crippen molar-refractivity contribution >= 4 is 34.6 Å². The lowest BCUT2D eigenvalue weighted by molar-refractivity contribution is -0.138. The van der Waals surface area contributed by atoms with Crippen LogP contribution in [0.2, 0.25) is 0 Å². The van der Waals surface area contributed by atoms with Gasteiger partial charge in [0.2, 0.25) is 0 Å².